The standard InChI is InChI=1S/C16H21NO/c1-12(2)10-14-4-7-16(18,13(3)11-14)15-5-8-17-9-6-15/h4-9,11-13,18H,10H2,1-3H3. The van der Waals surface area contributed by atoms with E-state index in [2.05, 4.69) is 37.9 Å². The number of hydrogen-bond donors (Lipinski definition) is 1. The maximum atomic E-state index is 10.8. The Kier molecular flexibility index (Phi) is 3.67. The monoisotopic (exact) mass is 243 g/mol. The summed E-state index contributed by atoms with van der Waals surface area (Å²) >= 11 is 0. The Balaban J connectivity index is 2.25. The first-order valence-electron chi connectivity index (χ1n) is 6.55. The number of allylic oxidation sites excluding steroid dienone is 2. The Labute approximate surface area is 109 Å². The number of aliphatic hydroxyl groups is 1. The molecule has 2 heteroatoms. The van der Waals surface area contributed by atoms with Gasteiger partial charge in [0, 0.05) is 18.3 Å². The van der Waals surface area contributed by atoms with Gasteiger partial charge in [-0.1, -0.05) is 38.5 Å². The summed E-state index contributed by atoms with van der Waals surface area (Å²) in [4.78, 5) is 4.00. The van der Waals surface area contributed by atoms with Gasteiger partial charge in [-0.15, -0.1) is 0 Å². The van der Waals surface area contributed by atoms with E-state index in [9.17, 15) is 5.11 Å². The molecule has 0 aromatic carbocycles. The molecule has 2 atom stereocenters. The lowest BCUT2D eigenvalue weighted by molar-refractivity contribution is 0.0494. The zero-order valence-electron chi connectivity index (χ0n) is 11.3. The second-order valence-electron chi connectivity index (χ2n) is 5.52. The van der Waals surface area contributed by atoms with Crippen molar-refractivity contribution in [3.63, 3.8) is 0 Å². The molecule has 0 saturated carbocycles. The largest absolute Gasteiger partial charge is 0.380 e. The van der Waals surface area contributed by atoms with E-state index >= 15 is 0 Å². The van der Waals surface area contributed by atoms with Crippen molar-refractivity contribution in [2.45, 2.75) is 32.8 Å². The van der Waals surface area contributed by atoms with Crippen molar-refractivity contribution in [1.29, 1.82) is 0 Å². The number of aromatic nitrogens is 1. The van der Waals surface area contributed by atoms with E-state index in [-0.39, 0.29) is 5.92 Å². The molecule has 2 unspecified atom stereocenters. The van der Waals surface area contributed by atoms with E-state index < -0.39 is 5.60 Å². The van der Waals surface area contributed by atoms with Gasteiger partial charge in [-0.2, -0.15) is 0 Å². The number of rotatable bonds is 3. The minimum Gasteiger partial charge on any atom is -0.380 e. The van der Waals surface area contributed by atoms with Gasteiger partial charge in [-0.25, -0.2) is 0 Å². The van der Waals surface area contributed by atoms with Crippen molar-refractivity contribution in [2.75, 3.05) is 0 Å². The highest BCUT2D eigenvalue weighted by molar-refractivity contribution is 5.36. The molecule has 1 aromatic rings. The summed E-state index contributed by atoms with van der Waals surface area (Å²) in [6.45, 7) is 6.48. The molecule has 0 amide bonds. The van der Waals surface area contributed by atoms with Crippen molar-refractivity contribution < 1.29 is 5.11 Å². The molecule has 2 rings (SSSR count). The SMILES string of the molecule is CC(C)CC1=CC(C)C(O)(c2ccncc2)C=C1. The van der Waals surface area contributed by atoms with Crippen LogP contribution in [0.25, 0.3) is 0 Å². The van der Waals surface area contributed by atoms with Gasteiger partial charge in [0.15, 0.2) is 0 Å². The highest BCUT2D eigenvalue weighted by Crippen LogP contribution is 2.36. The van der Waals surface area contributed by atoms with Crippen LogP contribution in [0.1, 0.15) is 32.8 Å². The van der Waals surface area contributed by atoms with Crippen LogP contribution >= 0.6 is 0 Å². The lowest BCUT2D eigenvalue weighted by Gasteiger charge is -2.33. The summed E-state index contributed by atoms with van der Waals surface area (Å²) in [5.74, 6) is 0.721. The topological polar surface area (TPSA) is 33.1 Å². The van der Waals surface area contributed by atoms with Gasteiger partial charge >= 0.3 is 0 Å². The van der Waals surface area contributed by atoms with Crippen molar-refractivity contribution in [2.24, 2.45) is 11.8 Å². The van der Waals surface area contributed by atoms with Crippen molar-refractivity contribution in [3.05, 3.63) is 53.9 Å². The van der Waals surface area contributed by atoms with Crippen LogP contribution in [0.4, 0.5) is 0 Å². The molecule has 2 nitrogen and oxygen atoms in total. The molecule has 0 fully saturated rings. The Hall–Kier alpha value is -1.41. The van der Waals surface area contributed by atoms with Crippen LogP contribution < -0.4 is 0 Å². The lowest BCUT2D eigenvalue weighted by Crippen LogP contribution is -2.32. The molecule has 1 N–H and O–H groups in total. The lowest BCUT2D eigenvalue weighted by atomic mass is 9.77. The first-order valence-corrected chi connectivity index (χ1v) is 6.55. The first-order chi connectivity index (χ1) is 8.52. The van der Waals surface area contributed by atoms with Crippen molar-refractivity contribution >= 4 is 0 Å². The maximum Gasteiger partial charge on any atom is 0.114 e. The van der Waals surface area contributed by atoms with Gasteiger partial charge in [0.2, 0.25) is 0 Å². The molecule has 0 radical (unpaired) electrons. The smallest absolute Gasteiger partial charge is 0.114 e. The summed E-state index contributed by atoms with van der Waals surface area (Å²) in [7, 11) is 0. The third kappa shape index (κ3) is 2.54. The Morgan fingerprint density at radius 3 is 2.56 bits per heavy atom. The van der Waals surface area contributed by atoms with Crippen LogP contribution in [0.5, 0.6) is 0 Å². The van der Waals surface area contributed by atoms with Crippen LogP contribution in [0, 0.1) is 11.8 Å². The van der Waals surface area contributed by atoms with Crippen LogP contribution in [0.2, 0.25) is 0 Å². The van der Waals surface area contributed by atoms with E-state index in [1.165, 1.54) is 5.57 Å². The molecule has 0 saturated heterocycles. The molecule has 96 valence electrons. The highest BCUT2D eigenvalue weighted by Gasteiger charge is 2.33. The minimum absolute atomic E-state index is 0.0821. The van der Waals surface area contributed by atoms with Gasteiger partial charge in [-0.3, -0.25) is 4.98 Å². The van der Waals surface area contributed by atoms with Gasteiger partial charge in [0.1, 0.15) is 5.60 Å². The zero-order valence-corrected chi connectivity index (χ0v) is 11.3. The van der Waals surface area contributed by atoms with E-state index in [4.69, 9.17) is 0 Å². The fraction of sp³-hybridized carbons (Fsp3) is 0.438. The normalized spacial score (nSPS) is 27.4. The summed E-state index contributed by atoms with van der Waals surface area (Å²) in [6, 6.07) is 3.75. The zero-order chi connectivity index (χ0) is 13.2. The highest BCUT2D eigenvalue weighted by atomic mass is 16.3. The fourth-order valence-electron chi connectivity index (χ4n) is 2.48. The second kappa shape index (κ2) is 5.07. The van der Waals surface area contributed by atoms with Crippen LogP contribution in [0.15, 0.2) is 48.3 Å². The summed E-state index contributed by atoms with van der Waals surface area (Å²) in [5, 5.41) is 10.8. The Bertz CT molecular complexity index is 461. The predicted octanol–water partition coefficient (Wildman–Crippen LogP) is 3.45. The first kappa shape index (κ1) is 13.0. The second-order valence-corrected chi connectivity index (χ2v) is 5.52. The van der Waals surface area contributed by atoms with Gasteiger partial charge in [0.25, 0.3) is 0 Å². The van der Waals surface area contributed by atoms with Gasteiger partial charge < -0.3 is 5.11 Å². The number of nitrogens with zero attached hydrogens (tertiary/aromatic N) is 1. The molecule has 18 heavy (non-hydrogen) atoms. The molecule has 0 aliphatic heterocycles. The van der Waals surface area contributed by atoms with Gasteiger partial charge in [-0.05, 0) is 36.1 Å². The molecular weight excluding hydrogens is 222 g/mol. The molecule has 0 bridgehead atoms. The molecule has 1 aliphatic carbocycles. The third-order valence-corrected chi connectivity index (χ3v) is 3.50. The molecule has 1 heterocycles. The summed E-state index contributed by atoms with van der Waals surface area (Å²) < 4.78 is 0. The van der Waals surface area contributed by atoms with Crippen LogP contribution in [-0.4, -0.2) is 10.1 Å². The summed E-state index contributed by atoms with van der Waals surface area (Å²) in [6.07, 6.45) is 10.7. The quantitative estimate of drug-likeness (QED) is 0.882. The Morgan fingerprint density at radius 1 is 1.33 bits per heavy atom. The predicted molar refractivity (Wildman–Crippen MR) is 74.0 cm³/mol. The number of pyridine rings is 1. The maximum absolute atomic E-state index is 10.8. The third-order valence-electron chi connectivity index (χ3n) is 3.50. The van der Waals surface area contributed by atoms with Gasteiger partial charge in [0.05, 0.1) is 0 Å². The number of hydrogen-bond acceptors (Lipinski definition) is 2. The van der Waals surface area contributed by atoms with E-state index in [1.54, 1.807) is 12.4 Å². The summed E-state index contributed by atoms with van der Waals surface area (Å²) in [5.41, 5.74) is 1.32. The molecule has 1 aromatic heterocycles. The van der Waals surface area contributed by atoms with E-state index in [1.807, 2.05) is 18.2 Å². The Morgan fingerprint density at radius 2 is 2.00 bits per heavy atom. The van der Waals surface area contributed by atoms with E-state index in [0.717, 1.165) is 12.0 Å². The molecule has 0 spiro atoms. The average Bonchev–Trinajstić information content (AvgIpc) is 2.34. The fourth-order valence-corrected chi connectivity index (χ4v) is 2.48. The van der Waals surface area contributed by atoms with Crippen LogP contribution in [0.3, 0.4) is 0 Å². The average molecular weight is 243 g/mol. The van der Waals surface area contributed by atoms with Crippen molar-refractivity contribution in [1.82, 2.24) is 4.98 Å². The molecular formula is C16H21NO. The van der Waals surface area contributed by atoms with Crippen molar-refractivity contribution in [3.8, 4) is 0 Å². The minimum atomic E-state index is -0.899. The van der Waals surface area contributed by atoms with Crippen LogP contribution in [-0.2, 0) is 5.60 Å². The van der Waals surface area contributed by atoms with E-state index in [0.29, 0.717) is 5.92 Å². The molecule has 1 aliphatic rings.